The zero-order valence-corrected chi connectivity index (χ0v) is 10.7. The van der Waals surface area contributed by atoms with E-state index in [2.05, 4.69) is 33.0 Å². The molecule has 1 aromatic carbocycles. The van der Waals surface area contributed by atoms with Crippen LogP contribution in [-0.4, -0.2) is 11.1 Å². The molecule has 0 radical (unpaired) electrons. The lowest BCUT2D eigenvalue weighted by Crippen LogP contribution is -2.39. The number of phenolic OH excluding ortho intramolecular Hbond substituents is 1. The second kappa shape index (κ2) is 5.35. The Morgan fingerprint density at radius 1 is 1.25 bits per heavy atom. The number of nitrogens with one attached hydrogen (secondary N) is 1. The van der Waals surface area contributed by atoms with E-state index in [1.165, 1.54) is 0 Å². The van der Waals surface area contributed by atoms with Crippen LogP contribution in [-0.2, 0) is 6.54 Å². The van der Waals surface area contributed by atoms with E-state index < -0.39 is 0 Å². The molecule has 0 aromatic heterocycles. The number of aromatic hydroxyl groups is 1. The van der Waals surface area contributed by atoms with Crippen LogP contribution in [0.5, 0.6) is 5.75 Å². The molecule has 0 fully saturated rings. The summed E-state index contributed by atoms with van der Waals surface area (Å²) in [5.41, 5.74) is 1.21. The van der Waals surface area contributed by atoms with Crippen molar-refractivity contribution >= 4 is 0 Å². The molecule has 0 saturated carbocycles. The maximum atomic E-state index is 9.66. The van der Waals surface area contributed by atoms with Gasteiger partial charge in [0.05, 0.1) is 0 Å². The van der Waals surface area contributed by atoms with E-state index in [4.69, 9.17) is 0 Å². The Morgan fingerprint density at radius 2 is 1.88 bits per heavy atom. The number of hydrogen-bond donors (Lipinski definition) is 2. The van der Waals surface area contributed by atoms with Gasteiger partial charge < -0.3 is 10.4 Å². The lowest BCUT2D eigenvalue weighted by atomic mass is 9.85. The van der Waals surface area contributed by atoms with Crippen molar-refractivity contribution < 1.29 is 5.11 Å². The fourth-order valence-electron chi connectivity index (χ4n) is 1.96. The molecule has 0 heterocycles. The largest absolute Gasteiger partial charge is 0.508 e. The molecule has 0 aliphatic heterocycles. The highest BCUT2D eigenvalue weighted by Crippen LogP contribution is 2.23. The van der Waals surface area contributed by atoms with Crippen LogP contribution in [0, 0.1) is 5.41 Å². The average Bonchev–Trinajstić information content (AvgIpc) is 2.19. The van der Waals surface area contributed by atoms with Gasteiger partial charge in [0, 0.05) is 18.2 Å². The molecule has 0 saturated heterocycles. The van der Waals surface area contributed by atoms with Gasteiger partial charge in [-0.15, -0.1) is 0 Å². The Bertz CT molecular complexity index is 328. The Kier molecular flexibility index (Phi) is 4.36. The highest BCUT2D eigenvalue weighted by molar-refractivity contribution is 5.31. The van der Waals surface area contributed by atoms with Crippen molar-refractivity contribution in [3.63, 3.8) is 0 Å². The summed E-state index contributed by atoms with van der Waals surface area (Å²) in [4.78, 5) is 0. The molecular weight excluding hydrogens is 198 g/mol. The van der Waals surface area contributed by atoms with Gasteiger partial charge in [-0.1, -0.05) is 45.9 Å². The number of para-hydroxylation sites is 1. The lowest BCUT2D eigenvalue weighted by Gasteiger charge is -2.31. The predicted molar refractivity (Wildman–Crippen MR) is 68.5 cm³/mol. The van der Waals surface area contributed by atoms with E-state index in [9.17, 15) is 5.11 Å². The SMILES string of the molecule is CC[C@@H](NCc1ccccc1O)C(C)(C)C. The third kappa shape index (κ3) is 3.53. The zero-order chi connectivity index (χ0) is 12.2. The first-order chi connectivity index (χ1) is 7.45. The molecule has 0 bridgehead atoms. The zero-order valence-electron chi connectivity index (χ0n) is 10.7. The quantitative estimate of drug-likeness (QED) is 0.817. The molecule has 0 aliphatic rings. The molecule has 2 nitrogen and oxygen atoms in total. The standard InChI is InChI=1S/C14H23NO/c1-5-13(14(2,3)4)15-10-11-8-6-7-9-12(11)16/h6-9,13,15-16H,5,10H2,1-4H3/t13-/m1/s1. The van der Waals surface area contributed by atoms with Crippen molar-refractivity contribution in [2.45, 2.75) is 46.7 Å². The van der Waals surface area contributed by atoms with Gasteiger partial charge in [-0.2, -0.15) is 0 Å². The van der Waals surface area contributed by atoms with Crippen LogP contribution in [0.25, 0.3) is 0 Å². The predicted octanol–water partition coefficient (Wildman–Crippen LogP) is 3.31. The Balaban J connectivity index is 2.60. The summed E-state index contributed by atoms with van der Waals surface area (Å²) in [5.74, 6) is 0.374. The molecule has 0 amide bonds. The summed E-state index contributed by atoms with van der Waals surface area (Å²) in [6, 6.07) is 7.95. The summed E-state index contributed by atoms with van der Waals surface area (Å²) in [5, 5.41) is 13.2. The molecule has 1 atom stereocenters. The first kappa shape index (κ1) is 13.0. The van der Waals surface area contributed by atoms with Gasteiger partial charge in [0.15, 0.2) is 0 Å². The van der Waals surface area contributed by atoms with Crippen LogP contribution < -0.4 is 5.32 Å². The summed E-state index contributed by atoms with van der Waals surface area (Å²) in [6.07, 6.45) is 1.09. The third-order valence-corrected chi connectivity index (χ3v) is 2.98. The number of benzene rings is 1. The molecule has 2 heteroatoms. The highest BCUT2D eigenvalue weighted by Gasteiger charge is 2.22. The summed E-state index contributed by atoms with van der Waals surface area (Å²) in [6.45, 7) is 9.62. The number of rotatable bonds is 4. The second-order valence-electron chi connectivity index (χ2n) is 5.34. The molecule has 1 aromatic rings. The summed E-state index contributed by atoms with van der Waals surface area (Å²) >= 11 is 0. The van der Waals surface area contributed by atoms with Crippen LogP contribution in [0.15, 0.2) is 24.3 Å². The smallest absolute Gasteiger partial charge is 0.120 e. The van der Waals surface area contributed by atoms with E-state index >= 15 is 0 Å². The van der Waals surface area contributed by atoms with E-state index in [0.29, 0.717) is 11.8 Å². The van der Waals surface area contributed by atoms with Gasteiger partial charge in [0.25, 0.3) is 0 Å². The van der Waals surface area contributed by atoms with Gasteiger partial charge >= 0.3 is 0 Å². The van der Waals surface area contributed by atoms with Crippen LogP contribution in [0.1, 0.15) is 39.7 Å². The molecule has 2 N–H and O–H groups in total. The molecule has 0 unspecified atom stereocenters. The Labute approximate surface area is 98.7 Å². The highest BCUT2D eigenvalue weighted by atomic mass is 16.3. The summed E-state index contributed by atoms with van der Waals surface area (Å²) < 4.78 is 0. The van der Waals surface area contributed by atoms with Crippen LogP contribution >= 0.6 is 0 Å². The second-order valence-corrected chi connectivity index (χ2v) is 5.34. The normalized spacial score (nSPS) is 13.8. The molecule has 16 heavy (non-hydrogen) atoms. The van der Waals surface area contributed by atoms with Crippen molar-refractivity contribution in [1.82, 2.24) is 5.32 Å². The lowest BCUT2D eigenvalue weighted by molar-refractivity contribution is 0.259. The van der Waals surface area contributed by atoms with Gasteiger partial charge in [0.1, 0.15) is 5.75 Å². The maximum Gasteiger partial charge on any atom is 0.120 e. The minimum Gasteiger partial charge on any atom is -0.508 e. The number of phenols is 1. The van der Waals surface area contributed by atoms with Gasteiger partial charge in [-0.3, -0.25) is 0 Å². The van der Waals surface area contributed by atoms with Gasteiger partial charge in [-0.05, 0) is 17.9 Å². The van der Waals surface area contributed by atoms with Crippen molar-refractivity contribution in [2.24, 2.45) is 5.41 Å². The van der Waals surface area contributed by atoms with Gasteiger partial charge in [0.2, 0.25) is 0 Å². The number of hydrogen-bond acceptors (Lipinski definition) is 2. The third-order valence-electron chi connectivity index (χ3n) is 2.98. The molecule has 90 valence electrons. The monoisotopic (exact) mass is 221 g/mol. The molecule has 0 spiro atoms. The van der Waals surface area contributed by atoms with E-state index in [0.717, 1.165) is 18.5 Å². The first-order valence-corrected chi connectivity index (χ1v) is 5.95. The van der Waals surface area contributed by atoms with Gasteiger partial charge in [-0.25, -0.2) is 0 Å². The Morgan fingerprint density at radius 3 is 2.38 bits per heavy atom. The van der Waals surface area contributed by atoms with Crippen molar-refractivity contribution in [2.75, 3.05) is 0 Å². The fraction of sp³-hybridized carbons (Fsp3) is 0.571. The molecule has 0 aliphatic carbocycles. The van der Waals surface area contributed by atoms with Crippen molar-refractivity contribution in [3.05, 3.63) is 29.8 Å². The maximum absolute atomic E-state index is 9.66. The van der Waals surface area contributed by atoms with Crippen molar-refractivity contribution in [1.29, 1.82) is 0 Å². The van der Waals surface area contributed by atoms with Crippen LogP contribution in [0.2, 0.25) is 0 Å². The minimum atomic E-state index is 0.249. The molecular formula is C14H23NO. The summed E-state index contributed by atoms with van der Waals surface area (Å²) in [7, 11) is 0. The van der Waals surface area contributed by atoms with E-state index in [1.54, 1.807) is 6.07 Å². The minimum absolute atomic E-state index is 0.249. The first-order valence-electron chi connectivity index (χ1n) is 5.95. The van der Waals surface area contributed by atoms with Crippen LogP contribution in [0.3, 0.4) is 0 Å². The van der Waals surface area contributed by atoms with Crippen molar-refractivity contribution in [3.8, 4) is 5.75 Å². The van der Waals surface area contributed by atoms with E-state index in [1.807, 2.05) is 18.2 Å². The average molecular weight is 221 g/mol. The topological polar surface area (TPSA) is 32.3 Å². The Hall–Kier alpha value is -1.02. The van der Waals surface area contributed by atoms with E-state index in [-0.39, 0.29) is 5.41 Å². The van der Waals surface area contributed by atoms with Crippen LogP contribution in [0.4, 0.5) is 0 Å². The fourth-order valence-corrected chi connectivity index (χ4v) is 1.96. The molecule has 1 rings (SSSR count).